The molecule has 0 aliphatic heterocycles. The minimum atomic E-state index is -0.436. The average Bonchev–Trinajstić information content (AvgIpc) is 2.84. The molecule has 4 rings (SSSR count). The zero-order chi connectivity index (χ0) is 16.8. The number of rotatable bonds is 3. The van der Waals surface area contributed by atoms with E-state index in [0.29, 0.717) is 28.2 Å². The minimum Gasteiger partial charge on any atom is -0.457 e. The summed E-state index contributed by atoms with van der Waals surface area (Å²) < 4.78 is 6.01. The number of Topliss-reactive ketones (excluding diaryl/α,β-unsaturated/α-hetero) is 2. The summed E-state index contributed by atoms with van der Waals surface area (Å²) in [6.45, 7) is 4.29. The van der Waals surface area contributed by atoms with Crippen molar-refractivity contribution < 1.29 is 14.3 Å². The summed E-state index contributed by atoms with van der Waals surface area (Å²) in [5.41, 5.74) is 2.18. The average molecular weight is 316 g/mol. The molecule has 0 radical (unpaired) electrons. The molecule has 0 aromatic heterocycles. The Bertz CT molecular complexity index is 962. The van der Waals surface area contributed by atoms with Crippen molar-refractivity contribution in [3.8, 4) is 11.5 Å². The molecule has 0 unspecified atom stereocenters. The van der Waals surface area contributed by atoms with Crippen molar-refractivity contribution in [2.75, 3.05) is 0 Å². The van der Waals surface area contributed by atoms with E-state index in [9.17, 15) is 9.59 Å². The van der Waals surface area contributed by atoms with E-state index in [1.165, 1.54) is 5.56 Å². The number of ether oxygens (including phenoxy) is 1. The van der Waals surface area contributed by atoms with Crippen molar-refractivity contribution >= 4 is 22.3 Å². The predicted molar refractivity (Wildman–Crippen MR) is 93.2 cm³/mol. The van der Waals surface area contributed by atoms with Crippen LogP contribution in [0.25, 0.3) is 10.8 Å². The van der Waals surface area contributed by atoms with Crippen LogP contribution in [0.2, 0.25) is 0 Å². The van der Waals surface area contributed by atoms with Crippen LogP contribution in [0.5, 0.6) is 11.5 Å². The van der Waals surface area contributed by atoms with Crippen LogP contribution in [-0.2, 0) is 0 Å². The molecule has 0 bridgehead atoms. The van der Waals surface area contributed by atoms with Gasteiger partial charge in [-0.3, -0.25) is 9.59 Å². The summed E-state index contributed by atoms with van der Waals surface area (Å²) >= 11 is 0. The van der Waals surface area contributed by atoms with Crippen LogP contribution in [0.3, 0.4) is 0 Å². The van der Waals surface area contributed by atoms with Gasteiger partial charge in [0.15, 0.2) is 0 Å². The van der Waals surface area contributed by atoms with Crippen LogP contribution in [0, 0.1) is 0 Å². The second-order valence-electron chi connectivity index (χ2n) is 6.32. The summed E-state index contributed by atoms with van der Waals surface area (Å²) in [6.07, 6.45) is 0. The maximum absolute atomic E-state index is 12.1. The quantitative estimate of drug-likeness (QED) is 0.629. The first-order valence-corrected chi connectivity index (χ1v) is 7.99. The van der Waals surface area contributed by atoms with Gasteiger partial charge in [0.1, 0.15) is 11.5 Å². The molecule has 118 valence electrons. The first-order valence-electron chi connectivity index (χ1n) is 7.99. The fourth-order valence-corrected chi connectivity index (χ4v) is 3.14. The lowest BCUT2D eigenvalue weighted by atomic mass is 10.0. The van der Waals surface area contributed by atoms with Gasteiger partial charge in [-0.2, -0.15) is 0 Å². The molecular formula is C21H16O3. The summed E-state index contributed by atoms with van der Waals surface area (Å²) in [7, 11) is 0. The van der Waals surface area contributed by atoms with Gasteiger partial charge in [-0.1, -0.05) is 44.2 Å². The highest BCUT2D eigenvalue weighted by molar-refractivity contribution is 6.57. The molecule has 0 heterocycles. The molecule has 1 aliphatic rings. The minimum absolute atomic E-state index is 0.436. The van der Waals surface area contributed by atoms with Gasteiger partial charge < -0.3 is 4.74 Å². The fourth-order valence-electron chi connectivity index (χ4n) is 3.14. The van der Waals surface area contributed by atoms with E-state index in [2.05, 4.69) is 13.8 Å². The van der Waals surface area contributed by atoms with Crippen molar-refractivity contribution in [3.63, 3.8) is 0 Å². The first-order chi connectivity index (χ1) is 11.6. The van der Waals surface area contributed by atoms with Crippen LogP contribution in [0.4, 0.5) is 0 Å². The smallest absolute Gasteiger partial charge is 0.234 e. The maximum atomic E-state index is 12.1. The highest BCUT2D eigenvalue weighted by Gasteiger charge is 2.31. The highest BCUT2D eigenvalue weighted by atomic mass is 16.5. The lowest BCUT2D eigenvalue weighted by Crippen LogP contribution is -2.05. The van der Waals surface area contributed by atoms with Gasteiger partial charge in [-0.05, 0) is 35.7 Å². The summed E-state index contributed by atoms with van der Waals surface area (Å²) in [5, 5.41) is 1.49. The molecule has 0 N–H and O–H groups in total. The zero-order valence-corrected chi connectivity index (χ0v) is 13.5. The molecule has 0 fully saturated rings. The van der Waals surface area contributed by atoms with Gasteiger partial charge in [0.25, 0.3) is 0 Å². The zero-order valence-electron chi connectivity index (χ0n) is 13.5. The standard InChI is InChI=1S/C21H16O3/c1-12(2)13-6-8-14(9-7-13)24-18-11-10-17-19-15(18)4-3-5-16(19)20(22)21(17)23/h3-12H,1-2H3. The number of benzene rings is 3. The Labute approximate surface area is 139 Å². The molecule has 3 aromatic rings. The highest BCUT2D eigenvalue weighted by Crippen LogP contribution is 2.38. The maximum Gasteiger partial charge on any atom is 0.234 e. The van der Waals surface area contributed by atoms with Crippen LogP contribution < -0.4 is 4.74 Å². The molecule has 0 atom stereocenters. The SMILES string of the molecule is CC(C)c1ccc(Oc2ccc3c4c(cccc24)C(=O)C3=O)cc1. The molecule has 0 saturated carbocycles. The molecule has 1 aliphatic carbocycles. The molecule has 3 nitrogen and oxygen atoms in total. The monoisotopic (exact) mass is 316 g/mol. The van der Waals surface area contributed by atoms with Crippen molar-refractivity contribution in [1.82, 2.24) is 0 Å². The van der Waals surface area contributed by atoms with Crippen molar-refractivity contribution in [2.24, 2.45) is 0 Å². The van der Waals surface area contributed by atoms with Gasteiger partial charge >= 0.3 is 0 Å². The summed E-state index contributed by atoms with van der Waals surface area (Å²) in [4.78, 5) is 24.1. The van der Waals surface area contributed by atoms with E-state index >= 15 is 0 Å². The second kappa shape index (κ2) is 5.31. The predicted octanol–water partition coefficient (Wildman–Crippen LogP) is 5.13. The van der Waals surface area contributed by atoms with Crippen LogP contribution in [-0.4, -0.2) is 11.6 Å². The van der Waals surface area contributed by atoms with E-state index in [-0.39, 0.29) is 0 Å². The Morgan fingerprint density at radius 2 is 1.46 bits per heavy atom. The van der Waals surface area contributed by atoms with Crippen LogP contribution in [0.1, 0.15) is 46.0 Å². The Balaban J connectivity index is 1.79. The summed E-state index contributed by atoms with van der Waals surface area (Å²) in [5.74, 6) is 0.974. The second-order valence-corrected chi connectivity index (χ2v) is 6.32. The Kier molecular flexibility index (Phi) is 3.24. The van der Waals surface area contributed by atoms with Gasteiger partial charge in [0, 0.05) is 21.9 Å². The summed E-state index contributed by atoms with van der Waals surface area (Å²) in [6, 6.07) is 16.8. The number of hydrogen-bond acceptors (Lipinski definition) is 3. The number of ketones is 2. The number of hydrogen-bond donors (Lipinski definition) is 0. The third-order valence-corrected chi connectivity index (χ3v) is 4.47. The van der Waals surface area contributed by atoms with Gasteiger partial charge in [-0.25, -0.2) is 0 Å². The lowest BCUT2D eigenvalue weighted by Gasteiger charge is -2.11. The van der Waals surface area contributed by atoms with E-state index in [4.69, 9.17) is 4.74 Å². The van der Waals surface area contributed by atoms with Crippen molar-refractivity contribution in [1.29, 1.82) is 0 Å². The molecule has 24 heavy (non-hydrogen) atoms. The normalized spacial score (nSPS) is 13.1. The third-order valence-electron chi connectivity index (χ3n) is 4.47. The van der Waals surface area contributed by atoms with Gasteiger partial charge in [0.05, 0.1) is 0 Å². The van der Waals surface area contributed by atoms with Crippen molar-refractivity contribution in [3.05, 3.63) is 71.3 Å². The Morgan fingerprint density at radius 3 is 2.12 bits per heavy atom. The van der Waals surface area contributed by atoms with Gasteiger partial charge in [-0.15, -0.1) is 0 Å². The Hall–Kier alpha value is -2.94. The first kappa shape index (κ1) is 14.6. The molecular weight excluding hydrogens is 300 g/mol. The van der Waals surface area contributed by atoms with Crippen molar-refractivity contribution in [2.45, 2.75) is 19.8 Å². The van der Waals surface area contributed by atoms with Gasteiger partial charge in [0.2, 0.25) is 11.6 Å². The van der Waals surface area contributed by atoms with E-state index in [0.717, 1.165) is 11.1 Å². The van der Waals surface area contributed by atoms with E-state index in [1.54, 1.807) is 24.3 Å². The Morgan fingerprint density at radius 1 is 0.792 bits per heavy atom. The largest absolute Gasteiger partial charge is 0.457 e. The van der Waals surface area contributed by atoms with E-state index < -0.39 is 11.6 Å². The molecule has 0 saturated heterocycles. The topological polar surface area (TPSA) is 43.4 Å². The molecule has 0 spiro atoms. The third kappa shape index (κ3) is 2.13. The van der Waals surface area contributed by atoms with Crippen LogP contribution in [0.15, 0.2) is 54.6 Å². The van der Waals surface area contributed by atoms with Crippen LogP contribution >= 0.6 is 0 Å². The molecule has 0 amide bonds. The van der Waals surface area contributed by atoms with E-state index in [1.807, 2.05) is 30.3 Å². The number of carbonyl (C=O) groups excluding carboxylic acids is 2. The molecule has 3 heteroatoms. The lowest BCUT2D eigenvalue weighted by molar-refractivity contribution is 0.0825. The fraction of sp³-hybridized carbons (Fsp3) is 0.143. The number of carbonyl (C=O) groups is 2. The molecule has 3 aromatic carbocycles.